The van der Waals surface area contributed by atoms with Crippen LogP contribution in [0, 0.1) is 5.92 Å². The van der Waals surface area contributed by atoms with Gasteiger partial charge in [0.05, 0.1) is 0 Å². The van der Waals surface area contributed by atoms with Crippen molar-refractivity contribution in [3.05, 3.63) is 12.2 Å². The zero-order valence-electron chi connectivity index (χ0n) is 13.4. The van der Waals surface area contributed by atoms with Gasteiger partial charge in [0.25, 0.3) is 0 Å². The highest BCUT2D eigenvalue weighted by atomic mass is 16.6. The van der Waals surface area contributed by atoms with Crippen molar-refractivity contribution in [3.8, 4) is 0 Å². The minimum atomic E-state index is -0.519. The number of hydrogen-bond acceptors (Lipinski definition) is 3. The molecule has 0 saturated carbocycles. The van der Waals surface area contributed by atoms with E-state index in [-0.39, 0.29) is 11.9 Å². The summed E-state index contributed by atoms with van der Waals surface area (Å²) in [5.74, 6) is -1.26. The van der Waals surface area contributed by atoms with Crippen molar-refractivity contribution in [2.24, 2.45) is 5.92 Å². The average Bonchev–Trinajstić information content (AvgIpc) is 2.47. The maximum Gasteiger partial charge on any atom is 0.328 e. The number of allylic oxidation sites excluding steroid dienone is 2. The minimum Gasteiger partial charge on any atom is -0.392 e. The molecule has 0 aliphatic carbocycles. The van der Waals surface area contributed by atoms with E-state index in [0.29, 0.717) is 6.42 Å². The van der Waals surface area contributed by atoms with E-state index in [1.165, 1.54) is 64.2 Å². The lowest BCUT2D eigenvalue weighted by atomic mass is 10.0. The van der Waals surface area contributed by atoms with Crippen LogP contribution in [0.1, 0.15) is 84.0 Å². The largest absolute Gasteiger partial charge is 0.392 e. The zero-order chi connectivity index (χ0) is 15.3. The van der Waals surface area contributed by atoms with Crippen LogP contribution < -0.4 is 0 Å². The van der Waals surface area contributed by atoms with Gasteiger partial charge in [0.2, 0.25) is 0 Å². The molecule has 1 aliphatic rings. The highest BCUT2D eigenvalue weighted by Crippen LogP contribution is 2.19. The summed E-state index contributed by atoms with van der Waals surface area (Å²) in [6.07, 6.45) is 19.0. The summed E-state index contributed by atoms with van der Waals surface area (Å²) in [4.78, 5) is 21.8. The Hall–Kier alpha value is -1.12. The van der Waals surface area contributed by atoms with Crippen LogP contribution in [0.2, 0.25) is 0 Å². The lowest BCUT2D eigenvalue weighted by Crippen LogP contribution is -2.40. The lowest BCUT2D eigenvalue weighted by molar-refractivity contribution is -0.183. The molecule has 0 spiro atoms. The maximum atomic E-state index is 10.9. The van der Waals surface area contributed by atoms with Crippen LogP contribution in [-0.2, 0) is 14.3 Å². The number of carbonyl (C=O) groups excluding carboxylic acids is 2. The van der Waals surface area contributed by atoms with Crippen LogP contribution >= 0.6 is 0 Å². The molecule has 0 unspecified atom stereocenters. The van der Waals surface area contributed by atoms with Gasteiger partial charge >= 0.3 is 11.9 Å². The second-order valence-corrected chi connectivity index (χ2v) is 5.97. The molecule has 0 bridgehead atoms. The number of ether oxygens (including phenoxy) is 1. The molecule has 0 N–H and O–H groups in total. The van der Waals surface area contributed by atoms with Gasteiger partial charge in [-0.2, -0.15) is 0 Å². The first-order valence-electron chi connectivity index (χ1n) is 8.66. The zero-order valence-corrected chi connectivity index (χ0v) is 13.4. The van der Waals surface area contributed by atoms with Crippen molar-refractivity contribution in [2.75, 3.05) is 0 Å². The third-order valence-corrected chi connectivity index (χ3v) is 4.03. The topological polar surface area (TPSA) is 43.4 Å². The first-order valence-corrected chi connectivity index (χ1v) is 8.66. The Balaban J connectivity index is 1.80. The summed E-state index contributed by atoms with van der Waals surface area (Å²) >= 11 is 0. The Morgan fingerprint density at radius 2 is 1.33 bits per heavy atom. The van der Waals surface area contributed by atoms with E-state index < -0.39 is 5.92 Å². The van der Waals surface area contributed by atoms with E-state index in [2.05, 4.69) is 17.7 Å². The second kappa shape index (κ2) is 11.5. The monoisotopic (exact) mass is 294 g/mol. The average molecular weight is 294 g/mol. The standard InChI is InChI=1S/C18H30O3/c1-2-3-4-5-6-7-8-9-10-11-12-13-14-15-16-17(19)21-18(16)20/h13-14,16H,2-12,15H2,1H3/b14-13+. The van der Waals surface area contributed by atoms with Crippen LogP contribution in [0.15, 0.2) is 12.2 Å². The molecule has 0 aromatic heterocycles. The van der Waals surface area contributed by atoms with Crippen molar-refractivity contribution in [1.29, 1.82) is 0 Å². The Morgan fingerprint density at radius 3 is 1.86 bits per heavy atom. The highest BCUT2D eigenvalue weighted by Gasteiger charge is 2.40. The van der Waals surface area contributed by atoms with Gasteiger partial charge in [-0.1, -0.05) is 76.9 Å². The van der Waals surface area contributed by atoms with Gasteiger partial charge in [0, 0.05) is 0 Å². The third kappa shape index (κ3) is 8.03. The van der Waals surface area contributed by atoms with Crippen molar-refractivity contribution in [2.45, 2.75) is 84.0 Å². The first kappa shape index (κ1) is 17.9. The molecule has 21 heavy (non-hydrogen) atoms. The molecule has 3 nitrogen and oxygen atoms in total. The number of carbonyl (C=O) groups is 2. The Labute approximate surface area is 129 Å². The number of cyclic esters (lactones) is 2. The predicted octanol–water partition coefficient (Wildman–Crippen LogP) is 4.94. The lowest BCUT2D eigenvalue weighted by Gasteiger charge is -2.19. The fourth-order valence-electron chi connectivity index (χ4n) is 2.57. The minimum absolute atomic E-state index is 0.372. The van der Waals surface area contributed by atoms with Crippen LogP contribution in [-0.4, -0.2) is 11.9 Å². The molecule has 1 saturated heterocycles. The summed E-state index contributed by atoms with van der Waals surface area (Å²) in [5.41, 5.74) is 0. The smallest absolute Gasteiger partial charge is 0.328 e. The number of rotatable bonds is 13. The van der Waals surface area contributed by atoms with Crippen LogP contribution in [0.4, 0.5) is 0 Å². The van der Waals surface area contributed by atoms with Gasteiger partial charge in [-0.25, -0.2) is 0 Å². The molecule has 1 heterocycles. The van der Waals surface area contributed by atoms with Crippen molar-refractivity contribution in [3.63, 3.8) is 0 Å². The van der Waals surface area contributed by atoms with Crippen molar-refractivity contribution >= 4 is 11.9 Å². The second-order valence-electron chi connectivity index (χ2n) is 5.97. The van der Waals surface area contributed by atoms with Gasteiger partial charge < -0.3 is 4.74 Å². The summed E-state index contributed by atoms with van der Waals surface area (Å²) in [6, 6.07) is 0. The van der Waals surface area contributed by atoms with Gasteiger partial charge in [-0.05, 0) is 19.3 Å². The van der Waals surface area contributed by atoms with Crippen molar-refractivity contribution < 1.29 is 14.3 Å². The van der Waals surface area contributed by atoms with Gasteiger partial charge in [0.1, 0.15) is 0 Å². The van der Waals surface area contributed by atoms with E-state index >= 15 is 0 Å². The molecule has 0 aromatic carbocycles. The van der Waals surface area contributed by atoms with E-state index in [9.17, 15) is 9.59 Å². The van der Waals surface area contributed by atoms with E-state index in [1.807, 2.05) is 6.08 Å². The molecule has 1 rings (SSSR count). The molecule has 0 radical (unpaired) electrons. The summed E-state index contributed by atoms with van der Waals surface area (Å²) in [6.45, 7) is 2.25. The molecular formula is C18H30O3. The van der Waals surface area contributed by atoms with Gasteiger partial charge in [0.15, 0.2) is 5.92 Å². The normalized spacial score (nSPS) is 15.5. The molecule has 0 amide bonds. The first-order chi connectivity index (χ1) is 10.3. The van der Waals surface area contributed by atoms with Gasteiger partial charge in [-0.15, -0.1) is 0 Å². The van der Waals surface area contributed by atoms with Crippen LogP contribution in [0.3, 0.4) is 0 Å². The molecule has 1 aliphatic heterocycles. The fraction of sp³-hybridized carbons (Fsp3) is 0.778. The van der Waals surface area contributed by atoms with Crippen molar-refractivity contribution in [1.82, 2.24) is 0 Å². The molecule has 0 aromatic rings. The Morgan fingerprint density at radius 1 is 0.810 bits per heavy atom. The predicted molar refractivity (Wildman–Crippen MR) is 84.8 cm³/mol. The summed E-state index contributed by atoms with van der Waals surface area (Å²) in [5, 5.41) is 0. The van der Waals surface area contributed by atoms with Crippen LogP contribution in [0.5, 0.6) is 0 Å². The Kier molecular flexibility index (Phi) is 9.84. The molecular weight excluding hydrogens is 264 g/mol. The summed E-state index contributed by atoms with van der Waals surface area (Å²) < 4.78 is 4.30. The van der Waals surface area contributed by atoms with E-state index in [0.717, 1.165) is 6.42 Å². The maximum absolute atomic E-state index is 10.9. The SMILES string of the molecule is CCCCCCCCCCCC/C=C/CC1C(=O)OC1=O. The van der Waals surface area contributed by atoms with E-state index in [1.54, 1.807) is 0 Å². The van der Waals surface area contributed by atoms with Crippen LogP contribution in [0.25, 0.3) is 0 Å². The Bertz CT molecular complexity index is 319. The van der Waals surface area contributed by atoms with E-state index in [4.69, 9.17) is 0 Å². The number of unbranched alkanes of at least 4 members (excludes halogenated alkanes) is 10. The third-order valence-electron chi connectivity index (χ3n) is 4.03. The molecule has 120 valence electrons. The molecule has 1 fully saturated rings. The molecule has 3 heteroatoms. The van der Waals surface area contributed by atoms with Gasteiger partial charge in [-0.3, -0.25) is 9.59 Å². The number of hydrogen-bond donors (Lipinski definition) is 0. The quantitative estimate of drug-likeness (QED) is 0.209. The summed E-state index contributed by atoms with van der Waals surface area (Å²) in [7, 11) is 0. The molecule has 0 atom stereocenters. The highest BCUT2D eigenvalue weighted by molar-refractivity contribution is 6.09. The fourth-order valence-corrected chi connectivity index (χ4v) is 2.57. The number of esters is 2.